The number of nitrogens with one attached hydrogen (secondary N) is 1. The number of aromatic nitrogens is 3. The average Bonchev–Trinajstić information content (AvgIpc) is 2.89. The highest BCUT2D eigenvalue weighted by molar-refractivity contribution is 5.78. The molecule has 5 nitrogen and oxygen atoms in total. The largest absolute Gasteiger partial charge is 0.271 e. The molecule has 0 radical (unpaired) electrons. The summed E-state index contributed by atoms with van der Waals surface area (Å²) >= 11 is 0. The zero-order chi connectivity index (χ0) is 14.8. The van der Waals surface area contributed by atoms with Gasteiger partial charge in [0.2, 0.25) is 0 Å². The number of hydrogen-bond acceptors (Lipinski definition) is 4. The minimum absolute atomic E-state index is 0.125. The molecule has 0 aliphatic heterocycles. The lowest BCUT2D eigenvalue weighted by Crippen LogP contribution is -2.30. The fraction of sp³-hybridized carbons (Fsp3) is 0.250. The van der Waals surface area contributed by atoms with Gasteiger partial charge in [-0.25, -0.2) is 5.43 Å². The molecule has 3 aromatic rings. The Morgan fingerprint density at radius 3 is 2.81 bits per heavy atom. The maximum absolute atomic E-state index is 5.78. The van der Waals surface area contributed by atoms with Crippen LogP contribution in [0.2, 0.25) is 0 Å². The third-order valence-electron chi connectivity index (χ3n) is 3.74. The first kappa shape index (κ1) is 13.7. The third-order valence-corrected chi connectivity index (χ3v) is 3.74. The van der Waals surface area contributed by atoms with Crippen LogP contribution in [-0.2, 0) is 13.5 Å². The summed E-state index contributed by atoms with van der Waals surface area (Å²) in [5.74, 6) is 5.78. The molecule has 21 heavy (non-hydrogen) atoms. The minimum atomic E-state index is -0.125. The summed E-state index contributed by atoms with van der Waals surface area (Å²) in [5, 5.41) is 5.59. The maximum Gasteiger partial charge on any atom is 0.0893 e. The Bertz CT molecular complexity index is 762. The molecule has 0 fully saturated rings. The molecule has 1 atom stereocenters. The Balaban J connectivity index is 2.06. The first-order valence-corrected chi connectivity index (χ1v) is 7.06. The average molecular weight is 281 g/mol. The van der Waals surface area contributed by atoms with E-state index < -0.39 is 0 Å². The topological polar surface area (TPSA) is 68.8 Å². The van der Waals surface area contributed by atoms with Crippen molar-refractivity contribution in [1.29, 1.82) is 0 Å². The van der Waals surface area contributed by atoms with Crippen LogP contribution in [0.15, 0.2) is 42.6 Å². The standard InChI is InChI=1S/C16H19N5/c1-3-13-9-15(21(2)20-13)16(19-17)12-8-11-6-4-5-7-14(11)18-10-12/h4-10,16,19H,3,17H2,1-2H3. The molecule has 0 spiro atoms. The van der Waals surface area contributed by atoms with Crippen LogP contribution in [0.5, 0.6) is 0 Å². The number of pyridine rings is 1. The van der Waals surface area contributed by atoms with Crippen LogP contribution in [0.3, 0.4) is 0 Å². The Hall–Kier alpha value is -2.24. The smallest absolute Gasteiger partial charge is 0.0893 e. The molecule has 108 valence electrons. The highest BCUT2D eigenvalue weighted by Gasteiger charge is 2.18. The lowest BCUT2D eigenvalue weighted by atomic mass is 10.0. The predicted molar refractivity (Wildman–Crippen MR) is 83.5 cm³/mol. The van der Waals surface area contributed by atoms with E-state index in [2.05, 4.69) is 40.6 Å². The van der Waals surface area contributed by atoms with Gasteiger partial charge in [0.15, 0.2) is 0 Å². The Kier molecular flexibility index (Phi) is 3.68. The summed E-state index contributed by atoms with van der Waals surface area (Å²) in [7, 11) is 1.94. The molecule has 2 heterocycles. The number of fused-ring (bicyclic) bond motifs is 1. The second-order valence-electron chi connectivity index (χ2n) is 5.10. The third kappa shape index (κ3) is 2.53. The minimum Gasteiger partial charge on any atom is -0.271 e. The Labute approximate surface area is 123 Å². The normalized spacial score (nSPS) is 12.7. The number of rotatable bonds is 4. The van der Waals surface area contributed by atoms with Crippen molar-refractivity contribution in [3.8, 4) is 0 Å². The van der Waals surface area contributed by atoms with Gasteiger partial charge in [0, 0.05) is 18.6 Å². The molecule has 2 aromatic heterocycles. The van der Waals surface area contributed by atoms with Gasteiger partial charge in [-0.15, -0.1) is 0 Å². The van der Waals surface area contributed by atoms with Crippen molar-refractivity contribution in [3.05, 3.63) is 59.5 Å². The summed E-state index contributed by atoms with van der Waals surface area (Å²) in [5.41, 5.74) is 6.98. The second-order valence-corrected chi connectivity index (χ2v) is 5.10. The first-order valence-electron chi connectivity index (χ1n) is 7.06. The summed E-state index contributed by atoms with van der Waals surface area (Å²) in [6.07, 6.45) is 2.77. The van der Waals surface area contributed by atoms with E-state index in [0.717, 1.165) is 34.3 Å². The molecular weight excluding hydrogens is 262 g/mol. The predicted octanol–water partition coefficient (Wildman–Crippen LogP) is 2.08. The quantitative estimate of drug-likeness (QED) is 0.567. The lowest BCUT2D eigenvalue weighted by Gasteiger charge is -2.16. The maximum atomic E-state index is 5.78. The van der Waals surface area contributed by atoms with E-state index >= 15 is 0 Å². The molecule has 5 heteroatoms. The number of hydrogen-bond donors (Lipinski definition) is 2. The van der Waals surface area contributed by atoms with Gasteiger partial charge in [-0.2, -0.15) is 5.10 Å². The molecular formula is C16H19N5. The zero-order valence-electron chi connectivity index (χ0n) is 12.2. The van der Waals surface area contributed by atoms with Crippen molar-refractivity contribution in [2.45, 2.75) is 19.4 Å². The number of hydrazine groups is 1. The van der Waals surface area contributed by atoms with Crippen molar-refractivity contribution in [2.75, 3.05) is 0 Å². The summed E-state index contributed by atoms with van der Waals surface area (Å²) in [6.45, 7) is 2.09. The van der Waals surface area contributed by atoms with Gasteiger partial charge in [-0.3, -0.25) is 15.5 Å². The van der Waals surface area contributed by atoms with E-state index in [0.29, 0.717) is 0 Å². The van der Waals surface area contributed by atoms with E-state index in [1.54, 1.807) is 0 Å². The van der Waals surface area contributed by atoms with Crippen LogP contribution < -0.4 is 11.3 Å². The lowest BCUT2D eigenvalue weighted by molar-refractivity contribution is 0.573. The van der Waals surface area contributed by atoms with E-state index in [1.807, 2.05) is 36.1 Å². The fourth-order valence-corrected chi connectivity index (χ4v) is 2.58. The van der Waals surface area contributed by atoms with E-state index in [-0.39, 0.29) is 6.04 Å². The molecule has 0 bridgehead atoms. The molecule has 1 unspecified atom stereocenters. The zero-order valence-corrected chi connectivity index (χ0v) is 12.2. The molecule has 3 rings (SSSR count). The number of para-hydroxylation sites is 1. The molecule has 1 aromatic carbocycles. The van der Waals surface area contributed by atoms with Crippen LogP contribution in [-0.4, -0.2) is 14.8 Å². The Morgan fingerprint density at radius 2 is 2.10 bits per heavy atom. The van der Waals surface area contributed by atoms with E-state index in [9.17, 15) is 0 Å². The highest BCUT2D eigenvalue weighted by Crippen LogP contribution is 2.24. The molecule has 0 aliphatic rings. The SMILES string of the molecule is CCc1cc(C(NN)c2cnc3ccccc3c2)n(C)n1. The van der Waals surface area contributed by atoms with E-state index in [4.69, 9.17) is 5.84 Å². The van der Waals surface area contributed by atoms with Crippen molar-refractivity contribution >= 4 is 10.9 Å². The number of aryl methyl sites for hydroxylation is 2. The van der Waals surface area contributed by atoms with Crippen LogP contribution in [0.1, 0.15) is 29.9 Å². The van der Waals surface area contributed by atoms with Crippen molar-refractivity contribution in [1.82, 2.24) is 20.2 Å². The van der Waals surface area contributed by atoms with Gasteiger partial charge in [0.25, 0.3) is 0 Å². The van der Waals surface area contributed by atoms with Crippen LogP contribution in [0.25, 0.3) is 10.9 Å². The van der Waals surface area contributed by atoms with Crippen molar-refractivity contribution in [3.63, 3.8) is 0 Å². The molecule has 0 saturated heterocycles. The van der Waals surface area contributed by atoms with Crippen molar-refractivity contribution in [2.24, 2.45) is 12.9 Å². The summed E-state index contributed by atoms with van der Waals surface area (Å²) < 4.78 is 1.87. The molecule has 0 amide bonds. The molecule has 0 saturated carbocycles. The van der Waals surface area contributed by atoms with Crippen LogP contribution in [0.4, 0.5) is 0 Å². The number of benzene rings is 1. The van der Waals surface area contributed by atoms with Gasteiger partial charge in [-0.1, -0.05) is 25.1 Å². The van der Waals surface area contributed by atoms with Gasteiger partial charge in [0.05, 0.1) is 22.9 Å². The second kappa shape index (κ2) is 5.63. The van der Waals surface area contributed by atoms with Gasteiger partial charge in [-0.05, 0) is 30.2 Å². The van der Waals surface area contributed by atoms with Crippen LogP contribution in [0, 0.1) is 0 Å². The van der Waals surface area contributed by atoms with Crippen molar-refractivity contribution < 1.29 is 0 Å². The van der Waals surface area contributed by atoms with Gasteiger partial charge >= 0.3 is 0 Å². The summed E-state index contributed by atoms with van der Waals surface area (Å²) in [6, 6.07) is 12.1. The van der Waals surface area contributed by atoms with Crippen LogP contribution >= 0.6 is 0 Å². The first-order chi connectivity index (χ1) is 10.2. The number of nitrogens with zero attached hydrogens (tertiary/aromatic N) is 3. The Morgan fingerprint density at radius 1 is 1.29 bits per heavy atom. The molecule has 0 aliphatic carbocycles. The monoisotopic (exact) mass is 281 g/mol. The van der Waals surface area contributed by atoms with Gasteiger partial charge in [0.1, 0.15) is 0 Å². The highest BCUT2D eigenvalue weighted by atomic mass is 15.3. The van der Waals surface area contributed by atoms with Gasteiger partial charge < -0.3 is 0 Å². The molecule has 3 N–H and O–H groups in total. The number of nitrogens with two attached hydrogens (primary N) is 1. The fourth-order valence-electron chi connectivity index (χ4n) is 2.58. The summed E-state index contributed by atoms with van der Waals surface area (Å²) in [4.78, 5) is 4.51. The van der Waals surface area contributed by atoms with E-state index in [1.165, 1.54) is 0 Å².